The number of alkyl halides is 3. The zero-order valence-electron chi connectivity index (χ0n) is 23.0. The van der Waals surface area contributed by atoms with Gasteiger partial charge >= 0.3 is 18.1 Å². The molecule has 5 rings (SSSR count). The molecule has 2 unspecified atom stereocenters. The Balaban J connectivity index is 1.37. The number of nitrogens with zero attached hydrogens (tertiary/aromatic N) is 4. The first-order valence-corrected chi connectivity index (χ1v) is 13.6. The van der Waals surface area contributed by atoms with Crippen LogP contribution in [-0.2, 0) is 15.8 Å². The highest BCUT2D eigenvalue weighted by atomic mass is 19.4. The standard InChI is InChI=1S/C29H27F3N4O8/c30-29(31,32)23-24(16-6-2-1-3-7-16)34-43-26(23)28-33-27(35-44-28)17-10-11-18-20(14-17)42-15-19(25(18)41)36(12-4-8-21(37)38)13-5-9-22(39)40/h1-3,6-7,10-11,14,19,25,41H,4-5,8-9,12-13,15H2,(H,37,38)(H,39,40). The quantitative estimate of drug-likeness (QED) is 0.197. The molecule has 2 aromatic carbocycles. The van der Waals surface area contributed by atoms with Crippen LogP contribution in [0.15, 0.2) is 57.6 Å². The molecule has 0 radical (unpaired) electrons. The lowest BCUT2D eigenvalue weighted by Gasteiger charge is -2.38. The SMILES string of the molecule is O=C(O)CCCN(CCCC(=O)O)C1COc2cc(-c3noc(-c4onc(-c5ccccc5)c4C(F)(F)F)n3)ccc2C1O. The first-order chi connectivity index (χ1) is 21.0. The first kappa shape index (κ1) is 30.7. The van der Waals surface area contributed by atoms with Gasteiger partial charge in [-0.3, -0.25) is 14.5 Å². The summed E-state index contributed by atoms with van der Waals surface area (Å²) in [4.78, 5) is 27.9. The zero-order chi connectivity index (χ0) is 31.4. The van der Waals surface area contributed by atoms with Gasteiger partial charge in [-0.2, -0.15) is 18.2 Å². The fourth-order valence-corrected chi connectivity index (χ4v) is 5.06. The van der Waals surface area contributed by atoms with E-state index in [0.29, 0.717) is 37.1 Å². The summed E-state index contributed by atoms with van der Waals surface area (Å²) in [6.45, 7) is 0.637. The van der Waals surface area contributed by atoms with Gasteiger partial charge in [0.2, 0.25) is 11.6 Å². The molecule has 0 saturated carbocycles. The molecule has 0 saturated heterocycles. The highest BCUT2D eigenvalue weighted by molar-refractivity contribution is 5.71. The molecular formula is C29H27F3N4O8. The van der Waals surface area contributed by atoms with E-state index in [1.54, 1.807) is 30.3 Å². The predicted molar refractivity (Wildman–Crippen MR) is 145 cm³/mol. The third-order valence-corrected chi connectivity index (χ3v) is 7.15. The summed E-state index contributed by atoms with van der Waals surface area (Å²) in [6.07, 6.45) is -5.47. The van der Waals surface area contributed by atoms with Crippen LogP contribution in [0.3, 0.4) is 0 Å². The molecule has 4 aromatic rings. The number of benzene rings is 2. The average molecular weight is 617 g/mol. The third-order valence-electron chi connectivity index (χ3n) is 7.15. The van der Waals surface area contributed by atoms with Crippen LogP contribution in [-0.4, -0.2) is 73.2 Å². The van der Waals surface area contributed by atoms with Gasteiger partial charge in [-0.15, -0.1) is 0 Å². The number of ether oxygens (including phenoxy) is 1. The van der Waals surface area contributed by atoms with Crippen molar-refractivity contribution in [1.29, 1.82) is 0 Å². The van der Waals surface area contributed by atoms with Crippen molar-refractivity contribution in [2.24, 2.45) is 0 Å². The van der Waals surface area contributed by atoms with Crippen LogP contribution in [0.25, 0.3) is 34.3 Å². The van der Waals surface area contributed by atoms with Crippen LogP contribution in [0.2, 0.25) is 0 Å². The van der Waals surface area contributed by atoms with E-state index in [9.17, 15) is 27.9 Å². The molecule has 1 aliphatic rings. The molecule has 1 aliphatic heterocycles. The van der Waals surface area contributed by atoms with Crippen LogP contribution >= 0.6 is 0 Å². The average Bonchev–Trinajstić information content (AvgIpc) is 3.65. The molecule has 0 aliphatic carbocycles. The second kappa shape index (κ2) is 12.9. The van der Waals surface area contributed by atoms with Crippen molar-refractivity contribution >= 4 is 11.9 Å². The largest absolute Gasteiger partial charge is 0.491 e. The second-order valence-corrected chi connectivity index (χ2v) is 10.1. The summed E-state index contributed by atoms with van der Waals surface area (Å²) < 4.78 is 58.3. The molecule has 0 amide bonds. The number of carbonyl (C=O) groups is 2. The highest BCUT2D eigenvalue weighted by Crippen LogP contribution is 2.43. The van der Waals surface area contributed by atoms with Crippen LogP contribution in [0.5, 0.6) is 5.75 Å². The van der Waals surface area contributed by atoms with Gasteiger partial charge in [0.1, 0.15) is 29.7 Å². The molecule has 3 N–H and O–H groups in total. The Morgan fingerprint density at radius 2 is 1.61 bits per heavy atom. The predicted octanol–water partition coefficient (Wildman–Crippen LogP) is 4.90. The molecule has 2 aromatic heterocycles. The number of carboxylic acid groups (broad SMARTS) is 2. The summed E-state index contributed by atoms with van der Waals surface area (Å²) in [5.41, 5.74) is -0.630. The number of aliphatic hydroxyl groups excluding tert-OH is 1. The molecule has 3 heterocycles. The van der Waals surface area contributed by atoms with Crippen molar-refractivity contribution in [1.82, 2.24) is 20.2 Å². The van der Waals surface area contributed by atoms with Crippen molar-refractivity contribution in [3.8, 4) is 40.0 Å². The maximum Gasteiger partial charge on any atom is 0.422 e. The Morgan fingerprint density at radius 1 is 0.932 bits per heavy atom. The molecular weight excluding hydrogens is 589 g/mol. The number of aliphatic carboxylic acids is 2. The normalized spacial score (nSPS) is 16.5. The maximum absolute atomic E-state index is 14.1. The summed E-state index contributed by atoms with van der Waals surface area (Å²) >= 11 is 0. The lowest BCUT2D eigenvalue weighted by molar-refractivity contribution is -0.138. The van der Waals surface area contributed by atoms with Gasteiger partial charge in [-0.25, -0.2) is 0 Å². The van der Waals surface area contributed by atoms with Crippen LogP contribution in [0.4, 0.5) is 13.2 Å². The topological polar surface area (TPSA) is 172 Å². The molecule has 15 heteroatoms. The minimum Gasteiger partial charge on any atom is -0.491 e. The van der Waals surface area contributed by atoms with Crippen molar-refractivity contribution in [3.63, 3.8) is 0 Å². The Hall–Kier alpha value is -4.76. The first-order valence-electron chi connectivity index (χ1n) is 13.6. The van der Waals surface area contributed by atoms with Gasteiger partial charge in [0, 0.05) is 29.5 Å². The minimum atomic E-state index is -4.84. The number of hydrogen-bond donors (Lipinski definition) is 3. The van der Waals surface area contributed by atoms with Crippen LogP contribution < -0.4 is 4.74 Å². The van der Waals surface area contributed by atoms with Crippen molar-refractivity contribution in [2.75, 3.05) is 19.7 Å². The van der Waals surface area contributed by atoms with Gasteiger partial charge < -0.3 is 29.1 Å². The van der Waals surface area contributed by atoms with Crippen molar-refractivity contribution in [3.05, 3.63) is 59.7 Å². The summed E-state index contributed by atoms with van der Waals surface area (Å²) in [5, 5.41) is 36.6. The Morgan fingerprint density at radius 3 is 2.25 bits per heavy atom. The molecule has 232 valence electrons. The third kappa shape index (κ3) is 6.73. The number of fused-ring (bicyclic) bond motifs is 1. The van der Waals surface area contributed by atoms with Crippen LogP contribution in [0.1, 0.15) is 42.9 Å². The molecule has 0 fully saturated rings. The fourth-order valence-electron chi connectivity index (χ4n) is 5.06. The van der Waals surface area contributed by atoms with Gasteiger partial charge in [0.25, 0.3) is 5.89 Å². The zero-order valence-corrected chi connectivity index (χ0v) is 23.0. The van der Waals surface area contributed by atoms with E-state index in [0.717, 1.165) is 0 Å². The monoisotopic (exact) mass is 616 g/mol. The number of aliphatic hydroxyl groups is 1. The van der Waals surface area contributed by atoms with Gasteiger partial charge in [-0.1, -0.05) is 52.8 Å². The Labute approximate surface area is 247 Å². The van der Waals surface area contributed by atoms with E-state index in [2.05, 4.69) is 15.3 Å². The molecule has 44 heavy (non-hydrogen) atoms. The fraction of sp³-hybridized carbons (Fsp3) is 0.345. The highest BCUT2D eigenvalue weighted by Gasteiger charge is 2.43. The Kier molecular flexibility index (Phi) is 8.96. The molecule has 2 atom stereocenters. The number of rotatable bonds is 12. The number of carboxylic acids is 2. The van der Waals surface area contributed by atoms with E-state index < -0.39 is 53.2 Å². The van der Waals surface area contributed by atoms with Crippen molar-refractivity contribution in [2.45, 2.75) is 44.0 Å². The summed E-state index contributed by atoms with van der Waals surface area (Å²) in [5.74, 6) is -2.96. The molecule has 0 bridgehead atoms. The van der Waals surface area contributed by atoms with Gasteiger partial charge in [0.15, 0.2) is 0 Å². The minimum absolute atomic E-state index is 0.0184. The van der Waals surface area contributed by atoms with E-state index in [1.807, 2.05) is 4.90 Å². The van der Waals surface area contributed by atoms with Gasteiger partial charge in [-0.05, 0) is 32.0 Å². The molecule has 0 spiro atoms. The van der Waals surface area contributed by atoms with Crippen LogP contribution in [0, 0.1) is 0 Å². The maximum atomic E-state index is 14.1. The van der Waals surface area contributed by atoms with E-state index >= 15 is 0 Å². The van der Waals surface area contributed by atoms with E-state index in [-0.39, 0.29) is 36.6 Å². The lowest BCUT2D eigenvalue weighted by atomic mass is 9.96. The van der Waals surface area contributed by atoms with Crippen molar-refractivity contribution < 1.29 is 51.9 Å². The summed E-state index contributed by atoms with van der Waals surface area (Å²) in [6, 6.07) is 11.8. The van der Waals surface area contributed by atoms with E-state index in [1.165, 1.54) is 18.2 Å². The number of halogens is 3. The number of aromatic nitrogens is 3. The number of hydrogen-bond acceptors (Lipinski definition) is 10. The second-order valence-electron chi connectivity index (χ2n) is 10.1. The Bertz CT molecular complexity index is 1600. The lowest BCUT2D eigenvalue weighted by Crippen LogP contribution is -2.47. The summed E-state index contributed by atoms with van der Waals surface area (Å²) in [7, 11) is 0. The van der Waals surface area contributed by atoms with Gasteiger partial charge in [0.05, 0.1) is 6.04 Å². The van der Waals surface area contributed by atoms with E-state index in [4.69, 9.17) is 24.0 Å². The molecule has 12 nitrogen and oxygen atoms in total. The smallest absolute Gasteiger partial charge is 0.422 e.